The molecule has 0 aliphatic heterocycles. The van der Waals surface area contributed by atoms with E-state index < -0.39 is 4.92 Å². The summed E-state index contributed by atoms with van der Waals surface area (Å²) < 4.78 is 0.816. The van der Waals surface area contributed by atoms with Gasteiger partial charge in [0.05, 0.1) is 9.16 Å². The highest BCUT2D eigenvalue weighted by atomic mass is 32.2. The van der Waals surface area contributed by atoms with Gasteiger partial charge in [0.2, 0.25) is 0 Å². The Kier molecular flexibility index (Phi) is 5.20. The predicted octanol–water partition coefficient (Wildman–Crippen LogP) is 1.94. The highest BCUT2D eigenvalue weighted by molar-refractivity contribution is 8.21. The van der Waals surface area contributed by atoms with Gasteiger partial charge in [-0.05, 0) is 18.2 Å². The Morgan fingerprint density at radius 1 is 1.60 bits per heavy atom. The van der Waals surface area contributed by atoms with Crippen LogP contribution in [-0.2, 0) is 0 Å². The summed E-state index contributed by atoms with van der Waals surface area (Å²) in [6, 6.07) is 0. The summed E-state index contributed by atoms with van der Waals surface area (Å²) in [6.45, 7) is 0. The lowest BCUT2D eigenvalue weighted by Crippen LogP contribution is -1.79. The lowest BCUT2D eigenvalue weighted by molar-refractivity contribution is -0.402. The first-order chi connectivity index (χ1) is 4.70. The van der Waals surface area contributed by atoms with E-state index in [1.807, 2.05) is 12.5 Å². The summed E-state index contributed by atoms with van der Waals surface area (Å²) >= 11 is 2.89. The second-order valence-electron chi connectivity index (χ2n) is 1.25. The van der Waals surface area contributed by atoms with Crippen molar-refractivity contribution in [2.24, 2.45) is 0 Å². The van der Waals surface area contributed by atoms with Crippen molar-refractivity contribution in [1.29, 1.82) is 0 Å². The van der Waals surface area contributed by atoms with Crippen molar-refractivity contribution in [2.45, 2.75) is 0 Å². The van der Waals surface area contributed by atoms with E-state index in [4.69, 9.17) is 0 Å². The monoisotopic (exact) mass is 177 g/mol. The molecule has 5 heteroatoms. The Labute approximate surface area is 67.7 Å². The first kappa shape index (κ1) is 9.62. The van der Waals surface area contributed by atoms with Gasteiger partial charge in [0.1, 0.15) is 0 Å². The summed E-state index contributed by atoms with van der Waals surface area (Å²) in [6.07, 6.45) is 4.53. The Morgan fingerprint density at radius 3 is 2.40 bits per heavy atom. The van der Waals surface area contributed by atoms with Gasteiger partial charge in [-0.2, -0.15) is 0 Å². The van der Waals surface area contributed by atoms with E-state index in [9.17, 15) is 10.1 Å². The summed E-state index contributed by atoms with van der Waals surface area (Å²) in [5.41, 5.74) is 2.54. The van der Waals surface area contributed by atoms with Crippen LogP contribution in [0.25, 0.3) is 0 Å². The lowest BCUT2D eigenvalue weighted by Gasteiger charge is -1.88. The number of rotatable bonds is 3. The van der Waals surface area contributed by atoms with Crippen molar-refractivity contribution in [1.82, 2.24) is 0 Å². The Bertz CT molecular complexity index is 178. The maximum atomic E-state index is 9.79. The minimum Gasteiger partial charge on any atom is -0.258 e. The van der Waals surface area contributed by atoms with Crippen molar-refractivity contribution in [2.75, 3.05) is 12.5 Å². The summed E-state index contributed by atoms with van der Waals surface area (Å²) in [5.74, 6) is 0. The largest absolute Gasteiger partial charge is 0.278 e. The van der Waals surface area contributed by atoms with Gasteiger partial charge >= 0.3 is 0 Å². The summed E-state index contributed by atoms with van der Waals surface area (Å²) in [7, 11) is 0. The molecule has 0 radical (unpaired) electrons. The molecule has 10 heavy (non-hydrogen) atoms. The molecular weight excluding hydrogens is 170 g/mol. The fraction of sp³-hybridized carbons (Fsp3) is 0.400. The first-order valence-corrected chi connectivity index (χ1v) is 4.84. The molecule has 3 nitrogen and oxygen atoms in total. The molecule has 0 aromatic carbocycles. The van der Waals surface area contributed by atoms with Gasteiger partial charge in [0, 0.05) is 0 Å². The molecule has 0 spiro atoms. The van der Waals surface area contributed by atoms with Crippen molar-refractivity contribution in [3.63, 3.8) is 0 Å². The molecule has 0 aromatic rings. The molecule has 0 aliphatic carbocycles. The van der Waals surface area contributed by atoms with Crippen molar-refractivity contribution < 1.29 is 4.92 Å². The normalized spacial score (nSPS) is 8.20. The van der Waals surface area contributed by atoms with Crippen LogP contribution in [0.15, 0.2) is 16.2 Å². The van der Waals surface area contributed by atoms with E-state index in [0.29, 0.717) is 0 Å². The molecule has 0 amide bonds. The van der Waals surface area contributed by atoms with Crippen LogP contribution >= 0.6 is 23.5 Å². The van der Waals surface area contributed by atoms with Crippen molar-refractivity contribution in [3.8, 4) is 0 Å². The third-order valence-electron chi connectivity index (χ3n) is 0.659. The Balaban J connectivity index is 4.22. The Hall–Kier alpha value is -0.380. The van der Waals surface area contributed by atoms with E-state index >= 15 is 0 Å². The molecule has 0 bridgehead atoms. The van der Waals surface area contributed by atoms with Gasteiger partial charge in [-0.1, -0.05) is 0 Å². The van der Waals surface area contributed by atoms with Crippen LogP contribution in [0.1, 0.15) is 0 Å². The minimum absolute atomic E-state index is 0.521. The first-order valence-electron chi connectivity index (χ1n) is 2.39. The van der Waals surface area contributed by atoms with E-state index in [1.54, 1.807) is 0 Å². The zero-order valence-corrected chi connectivity index (χ0v) is 7.29. The molecular formula is C5H7NO2S2. The van der Waals surface area contributed by atoms with Gasteiger partial charge in [-0.25, -0.2) is 0 Å². The van der Waals surface area contributed by atoms with Gasteiger partial charge < -0.3 is 0 Å². The third-order valence-corrected chi connectivity index (χ3v) is 2.64. The smallest absolute Gasteiger partial charge is 0.258 e. The van der Waals surface area contributed by atoms with Crippen LogP contribution in [0.2, 0.25) is 0 Å². The van der Waals surface area contributed by atoms with E-state index in [0.717, 1.165) is 10.4 Å². The highest BCUT2D eigenvalue weighted by Crippen LogP contribution is 2.21. The molecule has 0 atom stereocenters. The maximum Gasteiger partial charge on any atom is 0.278 e. The molecule has 0 fully saturated rings. The topological polar surface area (TPSA) is 43.1 Å². The zero-order valence-electron chi connectivity index (χ0n) is 5.66. The molecule has 0 saturated heterocycles. The summed E-state index contributed by atoms with van der Waals surface area (Å²) in [5, 5.41) is 9.79. The molecule has 0 N–H and O–H groups in total. The molecule has 0 rings (SSSR count). The van der Waals surface area contributed by atoms with Gasteiger partial charge in [0.15, 0.2) is 0 Å². The van der Waals surface area contributed by atoms with Crippen LogP contribution in [-0.4, -0.2) is 17.4 Å². The zero-order chi connectivity index (χ0) is 7.98. The molecule has 0 saturated carbocycles. The van der Waals surface area contributed by atoms with E-state index in [-0.39, 0.29) is 0 Å². The Morgan fingerprint density at radius 2 is 2.10 bits per heavy atom. The third kappa shape index (κ3) is 4.49. The maximum absolute atomic E-state index is 9.79. The standard InChI is InChI=1S/C5H7NO2S2/c1-9-5(10-2)3-4-6(7)8/h4H,1-2H3. The molecule has 56 valence electrons. The fourth-order valence-electron chi connectivity index (χ4n) is 0.307. The van der Waals surface area contributed by atoms with Crippen LogP contribution in [0.5, 0.6) is 0 Å². The second-order valence-corrected chi connectivity index (χ2v) is 3.15. The number of hydrogen-bond acceptors (Lipinski definition) is 4. The quantitative estimate of drug-likeness (QED) is 0.375. The number of nitro groups is 1. The predicted molar refractivity (Wildman–Crippen MR) is 45.6 cm³/mol. The highest BCUT2D eigenvalue weighted by Gasteiger charge is 1.88. The SMILES string of the molecule is CSC(=C=C[N+](=O)[O-])SC. The average Bonchev–Trinajstić information content (AvgIpc) is 1.90. The number of nitrogens with zero attached hydrogens (tertiary/aromatic N) is 1. The molecule has 0 aliphatic rings. The number of hydrogen-bond donors (Lipinski definition) is 0. The van der Waals surface area contributed by atoms with Crippen LogP contribution in [0, 0.1) is 10.1 Å². The minimum atomic E-state index is -0.521. The molecule has 0 unspecified atom stereocenters. The van der Waals surface area contributed by atoms with E-state index in [1.165, 1.54) is 23.5 Å². The van der Waals surface area contributed by atoms with Crippen LogP contribution in [0.4, 0.5) is 0 Å². The summed E-state index contributed by atoms with van der Waals surface area (Å²) in [4.78, 5) is 9.27. The van der Waals surface area contributed by atoms with E-state index in [2.05, 4.69) is 5.73 Å². The fourth-order valence-corrected chi connectivity index (χ4v) is 1.31. The van der Waals surface area contributed by atoms with Gasteiger partial charge in [-0.3, -0.25) is 10.1 Å². The second kappa shape index (κ2) is 5.41. The van der Waals surface area contributed by atoms with Crippen LogP contribution in [0.3, 0.4) is 0 Å². The van der Waals surface area contributed by atoms with Crippen molar-refractivity contribution in [3.05, 3.63) is 26.3 Å². The van der Waals surface area contributed by atoms with Gasteiger partial charge in [-0.15, -0.1) is 23.5 Å². The molecule has 0 aromatic heterocycles. The average molecular weight is 177 g/mol. The van der Waals surface area contributed by atoms with Crippen molar-refractivity contribution >= 4 is 23.5 Å². The lowest BCUT2D eigenvalue weighted by atomic mass is 10.9. The number of thioether (sulfide) groups is 2. The van der Waals surface area contributed by atoms with Crippen LogP contribution < -0.4 is 0 Å². The van der Waals surface area contributed by atoms with Gasteiger partial charge in [0.25, 0.3) is 6.20 Å². The molecule has 0 heterocycles.